The predicted octanol–water partition coefficient (Wildman–Crippen LogP) is 2.64. The Labute approximate surface area is 112 Å². The van der Waals surface area contributed by atoms with E-state index in [4.69, 9.17) is 5.26 Å². The molecular weight excluding hydrogens is 300 g/mol. The SMILES string of the molecule is N#Cc1ccc(NC2CCS(=O)CC2)c(Br)c1. The van der Waals surface area contributed by atoms with E-state index >= 15 is 0 Å². The van der Waals surface area contributed by atoms with Crippen molar-refractivity contribution < 1.29 is 4.21 Å². The van der Waals surface area contributed by atoms with E-state index in [0.717, 1.165) is 34.5 Å². The van der Waals surface area contributed by atoms with Crippen LogP contribution >= 0.6 is 15.9 Å². The summed E-state index contributed by atoms with van der Waals surface area (Å²) in [7, 11) is -0.624. The lowest BCUT2D eigenvalue weighted by molar-refractivity contribution is 0.624. The van der Waals surface area contributed by atoms with Crippen molar-refractivity contribution >= 4 is 32.4 Å². The molecule has 2 rings (SSSR count). The van der Waals surface area contributed by atoms with Crippen LogP contribution in [0.25, 0.3) is 0 Å². The molecule has 0 unspecified atom stereocenters. The highest BCUT2D eigenvalue weighted by Gasteiger charge is 2.18. The molecule has 1 fully saturated rings. The van der Waals surface area contributed by atoms with Gasteiger partial charge in [0.15, 0.2) is 0 Å². The minimum atomic E-state index is -0.624. The lowest BCUT2D eigenvalue weighted by Crippen LogP contribution is -2.29. The topological polar surface area (TPSA) is 52.9 Å². The zero-order valence-electron chi connectivity index (χ0n) is 9.28. The van der Waals surface area contributed by atoms with E-state index in [1.54, 1.807) is 6.07 Å². The van der Waals surface area contributed by atoms with Gasteiger partial charge in [0.2, 0.25) is 0 Å². The van der Waals surface area contributed by atoms with Gasteiger partial charge in [0.1, 0.15) is 0 Å². The van der Waals surface area contributed by atoms with E-state index in [2.05, 4.69) is 27.3 Å². The van der Waals surface area contributed by atoms with Crippen molar-refractivity contribution in [1.29, 1.82) is 5.26 Å². The van der Waals surface area contributed by atoms with Gasteiger partial charge in [-0.2, -0.15) is 5.26 Å². The lowest BCUT2D eigenvalue weighted by Gasteiger charge is -2.24. The molecule has 1 N–H and O–H groups in total. The third-order valence-electron chi connectivity index (χ3n) is 2.85. The minimum Gasteiger partial charge on any atom is -0.381 e. The number of nitriles is 1. The number of hydrogen-bond acceptors (Lipinski definition) is 3. The maximum absolute atomic E-state index is 11.2. The van der Waals surface area contributed by atoms with Gasteiger partial charge in [-0.25, -0.2) is 0 Å². The Kier molecular flexibility index (Phi) is 4.19. The Morgan fingerprint density at radius 2 is 2.12 bits per heavy atom. The number of hydrogen-bond donors (Lipinski definition) is 1. The molecule has 3 nitrogen and oxygen atoms in total. The van der Waals surface area contributed by atoms with Gasteiger partial charge in [-0.1, -0.05) is 0 Å². The molecule has 0 atom stereocenters. The van der Waals surface area contributed by atoms with Gasteiger partial charge in [0.25, 0.3) is 0 Å². The number of nitrogens with zero attached hydrogens (tertiary/aromatic N) is 1. The van der Waals surface area contributed by atoms with Gasteiger partial charge in [0.05, 0.1) is 11.6 Å². The highest BCUT2D eigenvalue weighted by Crippen LogP contribution is 2.26. The van der Waals surface area contributed by atoms with Crippen molar-refractivity contribution in [3.05, 3.63) is 28.2 Å². The van der Waals surface area contributed by atoms with Crippen molar-refractivity contribution in [3.8, 4) is 6.07 Å². The Bertz CT molecular complexity index is 474. The van der Waals surface area contributed by atoms with Crippen LogP contribution in [0.4, 0.5) is 5.69 Å². The largest absolute Gasteiger partial charge is 0.381 e. The number of anilines is 1. The Balaban J connectivity index is 2.04. The smallest absolute Gasteiger partial charge is 0.0992 e. The average molecular weight is 313 g/mol. The van der Waals surface area contributed by atoms with Crippen LogP contribution in [0.15, 0.2) is 22.7 Å². The molecule has 1 saturated heterocycles. The molecule has 0 radical (unpaired) electrons. The Morgan fingerprint density at radius 1 is 1.41 bits per heavy atom. The van der Waals surface area contributed by atoms with E-state index in [0.29, 0.717) is 11.6 Å². The zero-order chi connectivity index (χ0) is 12.3. The number of halogens is 1. The Morgan fingerprint density at radius 3 is 2.71 bits per heavy atom. The molecule has 0 aromatic heterocycles. The normalized spacial score (nSPS) is 24.0. The van der Waals surface area contributed by atoms with Crippen LogP contribution in [-0.4, -0.2) is 21.8 Å². The molecular formula is C12H13BrN2OS. The van der Waals surface area contributed by atoms with Crippen LogP contribution in [0, 0.1) is 11.3 Å². The van der Waals surface area contributed by atoms with Crippen molar-refractivity contribution in [2.45, 2.75) is 18.9 Å². The van der Waals surface area contributed by atoms with E-state index < -0.39 is 10.8 Å². The summed E-state index contributed by atoms with van der Waals surface area (Å²) in [6.45, 7) is 0. The first kappa shape index (κ1) is 12.6. The van der Waals surface area contributed by atoms with E-state index in [1.165, 1.54) is 0 Å². The van der Waals surface area contributed by atoms with Gasteiger partial charge in [-0.15, -0.1) is 0 Å². The van der Waals surface area contributed by atoms with Gasteiger partial charge in [-0.3, -0.25) is 4.21 Å². The van der Waals surface area contributed by atoms with Crippen LogP contribution in [0.1, 0.15) is 18.4 Å². The predicted molar refractivity (Wildman–Crippen MR) is 73.4 cm³/mol. The summed E-state index contributed by atoms with van der Waals surface area (Å²) in [5, 5.41) is 12.2. The van der Waals surface area contributed by atoms with Gasteiger partial charge < -0.3 is 5.32 Å². The molecule has 0 spiro atoms. The first-order valence-corrected chi connectivity index (χ1v) is 7.78. The van der Waals surface area contributed by atoms with Crippen molar-refractivity contribution in [3.63, 3.8) is 0 Å². The van der Waals surface area contributed by atoms with E-state index in [9.17, 15) is 4.21 Å². The molecule has 0 amide bonds. The first-order valence-electron chi connectivity index (χ1n) is 5.50. The van der Waals surface area contributed by atoms with E-state index in [1.807, 2.05) is 12.1 Å². The maximum Gasteiger partial charge on any atom is 0.0992 e. The summed E-state index contributed by atoms with van der Waals surface area (Å²) in [4.78, 5) is 0. The van der Waals surface area contributed by atoms with Gasteiger partial charge in [0, 0.05) is 38.5 Å². The zero-order valence-corrected chi connectivity index (χ0v) is 11.7. The second-order valence-electron chi connectivity index (χ2n) is 4.07. The summed E-state index contributed by atoms with van der Waals surface area (Å²) in [5.74, 6) is 1.57. The maximum atomic E-state index is 11.2. The molecule has 0 bridgehead atoms. The van der Waals surface area contributed by atoms with E-state index in [-0.39, 0.29) is 0 Å². The molecule has 1 heterocycles. The molecule has 17 heavy (non-hydrogen) atoms. The third-order valence-corrected chi connectivity index (χ3v) is 4.88. The first-order chi connectivity index (χ1) is 8.19. The average Bonchev–Trinajstić information content (AvgIpc) is 2.34. The standard InChI is InChI=1S/C12H13BrN2OS/c13-11-7-9(8-14)1-2-12(11)15-10-3-5-17(16)6-4-10/h1-2,7,10,15H,3-6H2. The molecule has 0 aliphatic carbocycles. The fourth-order valence-electron chi connectivity index (χ4n) is 1.86. The molecule has 5 heteroatoms. The van der Waals surface area contributed by atoms with Crippen LogP contribution < -0.4 is 5.32 Å². The van der Waals surface area contributed by atoms with Crippen LogP contribution in [0.2, 0.25) is 0 Å². The highest BCUT2D eigenvalue weighted by atomic mass is 79.9. The molecule has 1 aromatic rings. The quantitative estimate of drug-likeness (QED) is 0.913. The van der Waals surface area contributed by atoms with Crippen molar-refractivity contribution in [2.24, 2.45) is 0 Å². The molecule has 1 aliphatic heterocycles. The summed E-state index contributed by atoms with van der Waals surface area (Å²) >= 11 is 3.45. The van der Waals surface area contributed by atoms with Crippen molar-refractivity contribution in [2.75, 3.05) is 16.8 Å². The summed E-state index contributed by atoms with van der Waals surface area (Å²) < 4.78 is 12.2. The number of benzene rings is 1. The number of nitrogens with one attached hydrogen (secondary N) is 1. The third kappa shape index (κ3) is 3.30. The molecule has 1 aliphatic rings. The summed E-state index contributed by atoms with van der Waals surface area (Å²) in [5.41, 5.74) is 1.65. The lowest BCUT2D eigenvalue weighted by atomic mass is 10.1. The Hall–Kier alpha value is -0.860. The number of rotatable bonds is 2. The molecule has 90 valence electrons. The van der Waals surface area contributed by atoms with Crippen LogP contribution in [0.3, 0.4) is 0 Å². The van der Waals surface area contributed by atoms with Gasteiger partial charge in [-0.05, 0) is 47.0 Å². The second kappa shape index (κ2) is 5.65. The summed E-state index contributed by atoms with van der Waals surface area (Å²) in [6.07, 6.45) is 1.89. The fourth-order valence-corrected chi connectivity index (χ4v) is 3.65. The highest BCUT2D eigenvalue weighted by molar-refractivity contribution is 9.10. The summed E-state index contributed by atoms with van der Waals surface area (Å²) in [6, 6.07) is 8.01. The second-order valence-corrected chi connectivity index (χ2v) is 6.62. The van der Waals surface area contributed by atoms with Crippen LogP contribution in [-0.2, 0) is 10.8 Å². The minimum absolute atomic E-state index is 0.386. The monoisotopic (exact) mass is 312 g/mol. The molecule has 1 aromatic carbocycles. The fraction of sp³-hybridized carbons (Fsp3) is 0.417. The molecule has 0 saturated carbocycles. The van der Waals surface area contributed by atoms with Crippen molar-refractivity contribution in [1.82, 2.24) is 0 Å². The van der Waals surface area contributed by atoms with Crippen LogP contribution in [0.5, 0.6) is 0 Å². The van der Waals surface area contributed by atoms with Gasteiger partial charge >= 0.3 is 0 Å².